The summed E-state index contributed by atoms with van der Waals surface area (Å²) in [5.41, 5.74) is 0.669. The molecule has 1 aromatic carbocycles. The predicted molar refractivity (Wildman–Crippen MR) is 75.6 cm³/mol. The quantitative estimate of drug-likeness (QED) is 0.823. The van der Waals surface area contributed by atoms with Crippen molar-refractivity contribution in [3.05, 3.63) is 35.9 Å². The maximum atomic E-state index is 12.5. The molecular weight excluding hydrogens is 256 g/mol. The minimum atomic E-state index is -0.406. The van der Waals surface area contributed by atoms with Crippen LogP contribution in [0.2, 0.25) is 0 Å². The van der Waals surface area contributed by atoms with Gasteiger partial charge in [-0.3, -0.25) is 14.5 Å². The van der Waals surface area contributed by atoms with Gasteiger partial charge >= 0.3 is 0 Å². The Balaban J connectivity index is 2.15. The highest BCUT2D eigenvalue weighted by Crippen LogP contribution is 2.15. The zero-order valence-corrected chi connectivity index (χ0v) is 11.8. The van der Waals surface area contributed by atoms with Crippen LogP contribution in [0.1, 0.15) is 17.3 Å². The Hall–Kier alpha value is -1.72. The highest BCUT2D eigenvalue weighted by atomic mass is 16.5. The van der Waals surface area contributed by atoms with Crippen molar-refractivity contribution in [3.63, 3.8) is 0 Å². The number of carbonyl (C=O) groups excluding carboxylic acids is 2. The summed E-state index contributed by atoms with van der Waals surface area (Å²) in [6.45, 7) is 3.29. The molecule has 0 aromatic heterocycles. The number of ether oxygens (including phenoxy) is 1. The normalized spacial score (nSPS) is 21.2. The van der Waals surface area contributed by atoms with Crippen LogP contribution in [0.25, 0.3) is 0 Å². The third kappa shape index (κ3) is 3.05. The molecule has 1 aliphatic rings. The number of likely N-dealkylation sites (N-methyl/N-ethyl adjacent to an activating group) is 1. The van der Waals surface area contributed by atoms with Crippen LogP contribution in [0.5, 0.6) is 0 Å². The zero-order chi connectivity index (χ0) is 14.5. The van der Waals surface area contributed by atoms with Crippen LogP contribution in [0.4, 0.5) is 0 Å². The Kier molecular flexibility index (Phi) is 4.87. The van der Waals surface area contributed by atoms with Crippen molar-refractivity contribution in [1.29, 1.82) is 0 Å². The summed E-state index contributed by atoms with van der Waals surface area (Å²) in [6, 6.07) is 8.41. The molecule has 2 atom stereocenters. The van der Waals surface area contributed by atoms with Gasteiger partial charge in [-0.05, 0) is 6.92 Å². The van der Waals surface area contributed by atoms with Gasteiger partial charge in [-0.25, -0.2) is 0 Å². The molecule has 1 amide bonds. The first kappa shape index (κ1) is 14.7. The van der Waals surface area contributed by atoms with Gasteiger partial charge in [-0.15, -0.1) is 0 Å². The third-order valence-electron chi connectivity index (χ3n) is 3.65. The standard InChI is InChI=1S/C15H20N2O3/c1-11(14(18)12-6-4-3-5-7-12)17-8-9-20-10-13(17)15(19)16-2/h3-7,11,13H,8-10H2,1-2H3,(H,16,19). The second-order valence-corrected chi connectivity index (χ2v) is 4.85. The Morgan fingerprint density at radius 1 is 1.35 bits per heavy atom. The predicted octanol–water partition coefficient (Wildman–Crippen LogP) is 0.705. The lowest BCUT2D eigenvalue weighted by atomic mass is 10.0. The van der Waals surface area contributed by atoms with Gasteiger partial charge in [0.25, 0.3) is 0 Å². The number of hydrogen-bond donors (Lipinski definition) is 1. The first-order valence-electron chi connectivity index (χ1n) is 6.79. The maximum absolute atomic E-state index is 12.5. The molecule has 0 bridgehead atoms. The van der Waals surface area contributed by atoms with Crippen molar-refractivity contribution in [2.24, 2.45) is 0 Å². The molecule has 1 fully saturated rings. The SMILES string of the molecule is CNC(=O)C1COCCN1C(C)C(=O)c1ccccc1. The lowest BCUT2D eigenvalue weighted by molar-refractivity contribution is -0.132. The van der Waals surface area contributed by atoms with Crippen molar-refractivity contribution in [2.75, 3.05) is 26.8 Å². The lowest BCUT2D eigenvalue weighted by Crippen LogP contribution is -2.57. The molecule has 0 aliphatic carbocycles. The van der Waals surface area contributed by atoms with Gasteiger partial charge in [0, 0.05) is 19.2 Å². The molecule has 5 nitrogen and oxygen atoms in total. The molecule has 1 saturated heterocycles. The maximum Gasteiger partial charge on any atom is 0.239 e. The summed E-state index contributed by atoms with van der Waals surface area (Å²) in [7, 11) is 1.60. The van der Waals surface area contributed by atoms with E-state index in [-0.39, 0.29) is 17.7 Å². The Bertz CT molecular complexity index is 475. The number of morpholine rings is 1. The first-order chi connectivity index (χ1) is 9.65. The fourth-order valence-electron chi connectivity index (χ4n) is 2.47. The fourth-order valence-corrected chi connectivity index (χ4v) is 2.47. The van der Waals surface area contributed by atoms with Crippen molar-refractivity contribution >= 4 is 11.7 Å². The summed E-state index contributed by atoms with van der Waals surface area (Å²) in [5, 5.41) is 2.63. The van der Waals surface area contributed by atoms with E-state index in [0.29, 0.717) is 25.3 Å². The largest absolute Gasteiger partial charge is 0.378 e. The average Bonchev–Trinajstić information content (AvgIpc) is 2.53. The first-order valence-corrected chi connectivity index (χ1v) is 6.79. The summed E-state index contributed by atoms with van der Waals surface area (Å²) in [6.07, 6.45) is 0. The molecule has 5 heteroatoms. The highest BCUT2D eigenvalue weighted by molar-refractivity contribution is 6.00. The van der Waals surface area contributed by atoms with Gasteiger partial charge in [0.05, 0.1) is 19.3 Å². The molecule has 0 radical (unpaired) electrons. The van der Waals surface area contributed by atoms with Crippen LogP contribution in [-0.2, 0) is 9.53 Å². The molecular formula is C15H20N2O3. The number of carbonyl (C=O) groups is 2. The van der Waals surface area contributed by atoms with Gasteiger partial charge in [0.15, 0.2) is 5.78 Å². The van der Waals surface area contributed by atoms with Gasteiger partial charge < -0.3 is 10.1 Å². The van der Waals surface area contributed by atoms with Crippen molar-refractivity contribution in [3.8, 4) is 0 Å². The van der Waals surface area contributed by atoms with E-state index in [2.05, 4.69) is 5.32 Å². The van der Waals surface area contributed by atoms with E-state index in [0.717, 1.165) is 0 Å². The second-order valence-electron chi connectivity index (χ2n) is 4.85. The molecule has 108 valence electrons. The van der Waals surface area contributed by atoms with E-state index in [1.54, 1.807) is 19.2 Å². The van der Waals surface area contributed by atoms with Crippen LogP contribution in [0.3, 0.4) is 0 Å². The molecule has 0 saturated carbocycles. The smallest absolute Gasteiger partial charge is 0.239 e. The van der Waals surface area contributed by atoms with Crippen LogP contribution in [0, 0.1) is 0 Å². The van der Waals surface area contributed by atoms with Gasteiger partial charge in [-0.1, -0.05) is 30.3 Å². The van der Waals surface area contributed by atoms with E-state index in [1.807, 2.05) is 30.0 Å². The average molecular weight is 276 g/mol. The zero-order valence-electron chi connectivity index (χ0n) is 11.8. The number of benzene rings is 1. The summed E-state index contributed by atoms with van der Waals surface area (Å²) in [4.78, 5) is 26.3. The lowest BCUT2D eigenvalue weighted by Gasteiger charge is -2.37. The molecule has 1 aromatic rings. The van der Waals surface area contributed by atoms with E-state index in [1.165, 1.54) is 0 Å². The molecule has 1 aliphatic heterocycles. The number of Topliss-reactive ketones (excluding diaryl/α,β-unsaturated/α-hetero) is 1. The number of rotatable bonds is 4. The van der Waals surface area contributed by atoms with Gasteiger partial charge in [-0.2, -0.15) is 0 Å². The summed E-state index contributed by atoms with van der Waals surface area (Å²) >= 11 is 0. The monoisotopic (exact) mass is 276 g/mol. The Labute approximate surface area is 118 Å². The van der Waals surface area contributed by atoms with Crippen molar-refractivity contribution < 1.29 is 14.3 Å². The molecule has 20 heavy (non-hydrogen) atoms. The number of hydrogen-bond acceptors (Lipinski definition) is 4. The molecule has 1 heterocycles. The van der Waals surface area contributed by atoms with E-state index >= 15 is 0 Å². The summed E-state index contributed by atoms with van der Waals surface area (Å²) in [5.74, 6) is -0.0844. The molecule has 0 spiro atoms. The minimum Gasteiger partial charge on any atom is -0.378 e. The number of amides is 1. The van der Waals surface area contributed by atoms with E-state index < -0.39 is 6.04 Å². The summed E-state index contributed by atoms with van der Waals surface area (Å²) < 4.78 is 5.36. The molecule has 2 rings (SSSR count). The Morgan fingerprint density at radius 2 is 2.05 bits per heavy atom. The van der Waals surface area contributed by atoms with Crippen LogP contribution < -0.4 is 5.32 Å². The topological polar surface area (TPSA) is 58.6 Å². The Morgan fingerprint density at radius 3 is 2.70 bits per heavy atom. The van der Waals surface area contributed by atoms with E-state index in [4.69, 9.17) is 4.74 Å². The number of ketones is 1. The van der Waals surface area contributed by atoms with Crippen molar-refractivity contribution in [2.45, 2.75) is 19.0 Å². The highest BCUT2D eigenvalue weighted by Gasteiger charge is 2.34. The third-order valence-corrected chi connectivity index (χ3v) is 3.65. The second kappa shape index (κ2) is 6.63. The van der Waals surface area contributed by atoms with Crippen LogP contribution >= 0.6 is 0 Å². The minimum absolute atomic E-state index is 0.0291. The molecule has 2 unspecified atom stereocenters. The fraction of sp³-hybridized carbons (Fsp3) is 0.467. The van der Waals surface area contributed by atoms with Crippen LogP contribution in [-0.4, -0.2) is 55.5 Å². The van der Waals surface area contributed by atoms with Crippen molar-refractivity contribution in [1.82, 2.24) is 10.2 Å². The van der Waals surface area contributed by atoms with E-state index in [9.17, 15) is 9.59 Å². The van der Waals surface area contributed by atoms with Crippen LogP contribution in [0.15, 0.2) is 30.3 Å². The molecule has 1 N–H and O–H groups in total. The number of nitrogens with one attached hydrogen (secondary N) is 1. The van der Waals surface area contributed by atoms with Gasteiger partial charge in [0.2, 0.25) is 5.91 Å². The number of nitrogens with zero attached hydrogens (tertiary/aromatic N) is 1. The van der Waals surface area contributed by atoms with Gasteiger partial charge in [0.1, 0.15) is 6.04 Å².